The van der Waals surface area contributed by atoms with Gasteiger partial charge in [-0.3, -0.25) is 4.79 Å². The molecule has 0 atom stereocenters. The normalized spacial score (nSPS) is 14.8. The summed E-state index contributed by atoms with van der Waals surface area (Å²) in [6.45, 7) is 1.51. The zero-order chi connectivity index (χ0) is 22.9. The third kappa shape index (κ3) is 4.07. The van der Waals surface area contributed by atoms with E-state index in [2.05, 4.69) is 5.10 Å². The fourth-order valence-electron chi connectivity index (χ4n) is 3.64. The van der Waals surface area contributed by atoms with E-state index in [4.69, 9.17) is 11.6 Å². The van der Waals surface area contributed by atoms with Gasteiger partial charge in [-0.15, -0.1) is 0 Å². The second kappa shape index (κ2) is 8.87. The van der Waals surface area contributed by atoms with Crippen LogP contribution in [-0.4, -0.2) is 50.1 Å². The number of piperazine rings is 1. The Kier molecular flexibility index (Phi) is 6.16. The van der Waals surface area contributed by atoms with Gasteiger partial charge in [0.1, 0.15) is 5.02 Å². The van der Waals surface area contributed by atoms with Gasteiger partial charge < -0.3 is 9.80 Å². The topological polar surface area (TPSA) is 75.5 Å². The molecule has 1 aliphatic rings. The van der Waals surface area contributed by atoms with Crippen molar-refractivity contribution in [1.82, 2.24) is 9.78 Å². The number of para-hydroxylation sites is 2. The standard InChI is InChI=1S/C21H19ClF2N4O3S/c22-19-17(14-25-28(20(19)29)15-6-2-1-3-7-15)27-12-10-26(11-13-27)16-8-4-5-9-18(16)32(30,31)21(23)24/h1-9,14,21H,10-13H2. The summed E-state index contributed by atoms with van der Waals surface area (Å²) < 4.78 is 51.5. The maximum Gasteiger partial charge on any atom is 0.341 e. The van der Waals surface area contributed by atoms with Crippen LogP contribution in [-0.2, 0) is 9.84 Å². The summed E-state index contributed by atoms with van der Waals surface area (Å²) in [4.78, 5) is 15.9. The summed E-state index contributed by atoms with van der Waals surface area (Å²) in [5, 5.41) is 4.26. The lowest BCUT2D eigenvalue weighted by molar-refractivity contribution is 0.235. The quantitative estimate of drug-likeness (QED) is 0.558. The predicted molar refractivity (Wildman–Crippen MR) is 119 cm³/mol. The molecule has 2 heterocycles. The Balaban J connectivity index is 1.56. The van der Waals surface area contributed by atoms with E-state index in [1.165, 1.54) is 29.1 Å². The minimum absolute atomic E-state index is 0.0259. The SMILES string of the molecule is O=c1c(Cl)c(N2CCN(c3ccccc3S(=O)(=O)C(F)F)CC2)cnn1-c1ccccc1. The molecule has 0 amide bonds. The van der Waals surface area contributed by atoms with Gasteiger partial charge in [0.25, 0.3) is 5.56 Å². The Bertz CT molecular complexity index is 1280. The van der Waals surface area contributed by atoms with Crippen LogP contribution in [0, 0.1) is 0 Å². The summed E-state index contributed by atoms with van der Waals surface area (Å²) in [7, 11) is -4.73. The lowest BCUT2D eigenvalue weighted by atomic mass is 10.2. The molecule has 0 spiro atoms. The number of benzene rings is 2. The number of rotatable bonds is 5. The van der Waals surface area contributed by atoms with Crippen LogP contribution in [0.4, 0.5) is 20.2 Å². The zero-order valence-corrected chi connectivity index (χ0v) is 18.3. The summed E-state index contributed by atoms with van der Waals surface area (Å²) in [6, 6.07) is 14.6. The van der Waals surface area contributed by atoms with E-state index in [1.54, 1.807) is 35.2 Å². The highest BCUT2D eigenvalue weighted by Gasteiger charge is 2.31. The Morgan fingerprint density at radius 1 is 0.875 bits per heavy atom. The molecule has 11 heteroatoms. The van der Waals surface area contributed by atoms with Crippen LogP contribution in [0.3, 0.4) is 0 Å². The smallest absolute Gasteiger partial charge is 0.341 e. The summed E-state index contributed by atoms with van der Waals surface area (Å²) in [5.41, 5.74) is 0.840. The lowest BCUT2D eigenvalue weighted by Gasteiger charge is -2.38. The number of sulfone groups is 1. The third-order valence-corrected chi connectivity index (χ3v) is 7.05. The number of halogens is 3. The van der Waals surface area contributed by atoms with Crippen LogP contribution in [0.15, 0.2) is 70.5 Å². The molecular weight excluding hydrogens is 462 g/mol. The van der Waals surface area contributed by atoms with Gasteiger partial charge >= 0.3 is 5.76 Å². The van der Waals surface area contributed by atoms with Gasteiger partial charge in [0, 0.05) is 26.2 Å². The van der Waals surface area contributed by atoms with Crippen LogP contribution >= 0.6 is 11.6 Å². The monoisotopic (exact) mass is 480 g/mol. The van der Waals surface area contributed by atoms with E-state index in [0.717, 1.165) is 0 Å². The van der Waals surface area contributed by atoms with E-state index in [0.29, 0.717) is 37.6 Å². The molecule has 0 bridgehead atoms. The molecule has 2 aromatic carbocycles. The molecule has 1 saturated heterocycles. The van der Waals surface area contributed by atoms with Crippen molar-refractivity contribution in [2.24, 2.45) is 0 Å². The molecule has 0 unspecified atom stereocenters. The number of aromatic nitrogens is 2. The first-order valence-electron chi connectivity index (χ1n) is 9.75. The van der Waals surface area contributed by atoms with Gasteiger partial charge in [-0.05, 0) is 24.3 Å². The molecule has 1 aromatic heterocycles. The van der Waals surface area contributed by atoms with E-state index in [9.17, 15) is 22.0 Å². The van der Waals surface area contributed by atoms with Gasteiger partial charge in [0.15, 0.2) is 0 Å². The van der Waals surface area contributed by atoms with E-state index < -0.39 is 26.0 Å². The number of hydrogen-bond acceptors (Lipinski definition) is 6. The second-order valence-electron chi connectivity index (χ2n) is 7.14. The fourth-order valence-corrected chi connectivity index (χ4v) is 4.84. The van der Waals surface area contributed by atoms with Crippen molar-refractivity contribution in [2.75, 3.05) is 36.0 Å². The first kappa shape index (κ1) is 22.2. The summed E-state index contributed by atoms with van der Waals surface area (Å²) >= 11 is 6.36. The highest BCUT2D eigenvalue weighted by atomic mass is 35.5. The highest BCUT2D eigenvalue weighted by molar-refractivity contribution is 7.91. The van der Waals surface area contributed by atoms with Crippen molar-refractivity contribution in [2.45, 2.75) is 10.7 Å². The van der Waals surface area contributed by atoms with E-state index in [-0.39, 0.29) is 10.7 Å². The molecule has 0 radical (unpaired) electrons. The molecule has 1 fully saturated rings. The third-order valence-electron chi connectivity index (χ3n) is 5.27. The Hall–Kier alpha value is -2.98. The van der Waals surface area contributed by atoms with E-state index >= 15 is 0 Å². The van der Waals surface area contributed by atoms with Crippen molar-refractivity contribution in [1.29, 1.82) is 0 Å². The number of nitrogens with zero attached hydrogens (tertiary/aromatic N) is 4. The molecule has 7 nitrogen and oxygen atoms in total. The maximum atomic E-state index is 13.1. The molecule has 32 heavy (non-hydrogen) atoms. The highest BCUT2D eigenvalue weighted by Crippen LogP contribution is 2.31. The van der Waals surface area contributed by atoms with E-state index in [1.807, 2.05) is 11.0 Å². The van der Waals surface area contributed by atoms with Crippen LogP contribution in [0.1, 0.15) is 0 Å². The molecule has 4 rings (SSSR count). The van der Waals surface area contributed by atoms with Crippen LogP contribution in [0.5, 0.6) is 0 Å². The molecule has 168 valence electrons. The second-order valence-corrected chi connectivity index (χ2v) is 9.41. The molecule has 0 N–H and O–H groups in total. The largest absolute Gasteiger partial charge is 0.367 e. The van der Waals surface area contributed by atoms with Gasteiger partial charge in [0.05, 0.1) is 28.2 Å². The van der Waals surface area contributed by atoms with Crippen molar-refractivity contribution in [3.63, 3.8) is 0 Å². The van der Waals surface area contributed by atoms with Crippen LogP contribution < -0.4 is 15.4 Å². The summed E-state index contributed by atoms with van der Waals surface area (Å²) in [5.74, 6) is -3.49. The molecule has 1 aliphatic heterocycles. The average Bonchev–Trinajstić information content (AvgIpc) is 2.81. The number of alkyl halides is 2. The molecule has 0 saturated carbocycles. The predicted octanol–water partition coefficient (Wildman–Crippen LogP) is 3.21. The molecule has 3 aromatic rings. The van der Waals surface area contributed by atoms with Gasteiger partial charge in [0.2, 0.25) is 9.84 Å². The average molecular weight is 481 g/mol. The lowest BCUT2D eigenvalue weighted by Crippen LogP contribution is -2.47. The Morgan fingerprint density at radius 2 is 1.44 bits per heavy atom. The van der Waals surface area contributed by atoms with Gasteiger partial charge in [-0.2, -0.15) is 18.6 Å². The van der Waals surface area contributed by atoms with Crippen LogP contribution in [0.2, 0.25) is 5.02 Å². The maximum absolute atomic E-state index is 13.1. The number of hydrogen-bond donors (Lipinski definition) is 0. The first-order chi connectivity index (χ1) is 15.3. The van der Waals surface area contributed by atoms with Crippen LogP contribution in [0.25, 0.3) is 5.69 Å². The van der Waals surface area contributed by atoms with Crippen molar-refractivity contribution >= 4 is 32.8 Å². The molecule has 0 aliphatic carbocycles. The van der Waals surface area contributed by atoms with Gasteiger partial charge in [-0.25, -0.2) is 8.42 Å². The minimum Gasteiger partial charge on any atom is -0.367 e. The van der Waals surface area contributed by atoms with Gasteiger partial charge in [-0.1, -0.05) is 41.9 Å². The first-order valence-corrected chi connectivity index (χ1v) is 11.7. The summed E-state index contributed by atoms with van der Waals surface area (Å²) in [6.07, 6.45) is 1.52. The van der Waals surface area contributed by atoms with Crippen molar-refractivity contribution < 1.29 is 17.2 Å². The Morgan fingerprint density at radius 3 is 2.06 bits per heavy atom. The van der Waals surface area contributed by atoms with Crippen molar-refractivity contribution in [3.8, 4) is 5.69 Å². The number of anilines is 2. The zero-order valence-electron chi connectivity index (χ0n) is 16.7. The van der Waals surface area contributed by atoms with Crippen molar-refractivity contribution in [3.05, 3.63) is 76.2 Å². The molecular formula is C21H19ClF2N4O3S. The minimum atomic E-state index is -4.73. The Labute approximate surface area is 188 Å². The fraction of sp³-hybridized carbons (Fsp3) is 0.238.